The van der Waals surface area contributed by atoms with E-state index >= 15 is 0 Å². The van der Waals surface area contributed by atoms with Gasteiger partial charge in [0.05, 0.1) is 5.02 Å². The smallest absolute Gasteiger partial charge is 0.258 e. The predicted octanol–water partition coefficient (Wildman–Crippen LogP) is 3.32. The topological polar surface area (TPSA) is 67.4 Å². The lowest BCUT2D eigenvalue weighted by Crippen LogP contribution is -2.37. The van der Waals surface area contributed by atoms with Crippen molar-refractivity contribution in [2.75, 3.05) is 11.9 Å². The Balaban J connectivity index is 1.94. The maximum atomic E-state index is 12.9. The van der Waals surface area contributed by atoms with Crippen LogP contribution in [0.15, 0.2) is 36.4 Å². The molecule has 2 amide bonds. The lowest BCUT2D eigenvalue weighted by Gasteiger charge is -2.18. The molecule has 8 heteroatoms. The average Bonchev–Trinajstić information content (AvgIpc) is 2.73. The third kappa shape index (κ3) is 3.29. The van der Waals surface area contributed by atoms with E-state index in [1.807, 2.05) is 0 Å². The molecule has 0 fully saturated rings. The molecule has 0 aromatic heterocycles. The van der Waals surface area contributed by atoms with Crippen LogP contribution in [0.25, 0.3) is 0 Å². The summed E-state index contributed by atoms with van der Waals surface area (Å²) in [5, 5.41) is 5.55. The number of fused-ring (bicyclic) bond motifs is 1. The summed E-state index contributed by atoms with van der Waals surface area (Å²) in [4.78, 5) is 24.4. The molecule has 1 unspecified atom stereocenters. The third-order valence-corrected chi connectivity index (χ3v) is 4.21. The van der Waals surface area contributed by atoms with Crippen molar-refractivity contribution in [2.24, 2.45) is 0 Å². The molecule has 0 spiro atoms. The van der Waals surface area contributed by atoms with Crippen molar-refractivity contribution >= 4 is 40.7 Å². The molecule has 1 aliphatic rings. The Morgan fingerprint density at radius 3 is 2.62 bits per heavy atom. The van der Waals surface area contributed by atoms with E-state index in [1.54, 1.807) is 6.07 Å². The first-order chi connectivity index (χ1) is 11.5. The van der Waals surface area contributed by atoms with Crippen LogP contribution in [0.2, 0.25) is 10.0 Å². The molecule has 0 saturated carbocycles. The Bertz CT molecular complexity index is 812. The van der Waals surface area contributed by atoms with Gasteiger partial charge in [-0.1, -0.05) is 29.3 Å². The van der Waals surface area contributed by atoms with Crippen molar-refractivity contribution in [2.45, 2.75) is 6.04 Å². The van der Waals surface area contributed by atoms with Gasteiger partial charge >= 0.3 is 0 Å². The predicted molar refractivity (Wildman–Crippen MR) is 87.9 cm³/mol. The minimum atomic E-state index is -1.02. The molecule has 2 N–H and O–H groups in total. The fourth-order valence-corrected chi connectivity index (χ4v) is 2.67. The van der Waals surface area contributed by atoms with Gasteiger partial charge in [0.1, 0.15) is 22.6 Å². The van der Waals surface area contributed by atoms with E-state index in [1.165, 1.54) is 30.3 Å². The van der Waals surface area contributed by atoms with Gasteiger partial charge in [0, 0.05) is 11.3 Å². The molecule has 0 bridgehead atoms. The molecule has 1 heterocycles. The van der Waals surface area contributed by atoms with Gasteiger partial charge in [-0.05, 0) is 30.3 Å². The number of hydrogen-bond acceptors (Lipinski definition) is 3. The second-order valence-electron chi connectivity index (χ2n) is 5.07. The van der Waals surface area contributed by atoms with Crippen LogP contribution in [-0.2, 0) is 9.59 Å². The number of nitrogens with one attached hydrogen (secondary N) is 2. The van der Waals surface area contributed by atoms with Gasteiger partial charge in [-0.25, -0.2) is 4.39 Å². The normalized spacial score (nSPS) is 16.5. The number of carbonyl (C=O) groups is 2. The van der Waals surface area contributed by atoms with Crippen molar-refractivity contribution in [1.82, 2.24) is 5.32 Å². The first-order valence-corrected chi connectivity index (χ1v) is 7.68. The standard InChI is InChI=1S/C16H11Cl2FN2O3/c17-11-6-5-10-14(21-12(22)7-24-15(10)13(11)18)16(23)20-9-3-1-8(19)2-4-9/h1-6,14H,7H2,(H,20,23)(H,21,22). The van der Waals surface area contributed by atoms with E-state index in [9.17, 15) is 14.0 Å². The van der Waals surface area contributed by atoms with E-state index in [2.05, 4.69) is 10.6 Å². The number of rotatable bonds is 2. The van der Waals surface area contributed by atoms with Crippen molar-refractivity contribution in [3.05, 3.63) is 57.8 Å². The van der Waals surface area contributed by atoms with Crippen molar-refractivity contribution < 1.29 is 18.7 Å². The van der Waals surface area contributed by atoms with Crippen LogP contribution in [-0.4, -0.2) is 18.4 Å². The molecule has 1 atom stereocenters. The molecule has 124 valence electrons. The van der Waals surface area contributed by atoms with Gasteiger partial charge in [-0.15, -0.1) is 0 Å². The van der Waals surface area contributed by atoms with E-state index in [0.717, 1.165) is 0 Å². The van der Waals surface area contributed by atoms with Gasteiger partial charge in [-0.3, -0.25) is 9.59 Å². The molecule has 0 saturated heterocycles. The Hall–Kier alpha value is -2.31. The lowest BCUT2D eigenvalue weighted by molar-refractivity contribution is -0.127. The van der Waals surface area contributed by atoms with Crippen LogP contribution >= 0.6 is 23.2 Å². The number of anilines is 1. The Kier molecular flexibility index (Phi) is 4.59. The highest BCUT2D eigenvalue weighted by Crippen LogP contribution is 2.39. The molecule has 1 aliphatic heterocycles. The first kappa shape index (κ1) is 16.5. The molecule has 5 nitrogen and oxygen atoms in total. The van der Waals surface area contributed by atoms with Crippen LogP contribution in [0.3, 0.4) is 0 Å². The Morgan fingerprint density at radius 1 is 1.21 bits per heavy atom. The molecule has 0 radical (unpaired) electrons. The van der Waals surface area contributed by atoms with Crippen LogP contribution < -0.4 is 15.4 Å². The summed E-state index contributed by atoms with van der Waals surface area (Å²) >= 11 is 12.1. The zero-order chi connectivity index (χ0) is 17.3. The van der Waals surface area contributed by atoms with Gasteiger partial charge in [-0.2, -0.15) is 0 Å². The fourth-order valence-electron chi connectivity index (χ4n) is 2.29. The van der Waals surface area contributed by atoms with E-state index < -0.39 is 23.7 Å². The zero-order valence-electron chi connectivity index (χ0n) is 12.1. The van der Waals surface area contributed by atoms with Crippen LogP contribution in [0, 0.1) is 5.82 Å². The van der Waals surface area contributed by atoms with Crippen molar-refractivity contribution in [1.29, 1.82) is 0 Å². The average molecular weight is 369 g/mol. The maximum Gasteiger partial charge on any atom is 0.258 e. The number of ether oxygens (including phenoxy) is 1. The lowest BCUT2D eigenvalue weighted by atomic mass is 10.0. The molecule has 0 aliphatic carbocycles. The zero-order valence-corrected chi connectivity index (χ0v) is 13.6. The summed E-state index contributed by atoms with van der Waals surface area (Å²) in [5.41, 5.74) is 0.775. The Morgan fingerprint density at radius 2 is 1.92 bits per heavy atom. The molecular weight excluding hydrogens is 358 g/mol. The van der Waals surface area contributed by atoms with E-state index in [4.69, 9.17) is 27.9 Å². The molecule has 2 aromatic rings. The molecule has 3 rings (SSSR count). The number of halogens is 3. The highest BCUT2D eigenvalue weighted by molar-refractivity contribution is 6.43. The minimum absolute atomic E-state index is 0.130. The summed E-state index contributed by atoms with van der Waals surface area (Å²) in [6.45, 7) is -0.284. The molecular formula is C16H11Cl2FN2O3. The van der Waals surface area contributed by atoms with E-state index in [-0.39, 0.29) is 22.4 Å². The second-order valence-corrected chi connectivity index (χ2v) is 5.85. The van der Waals surface area contributed by atoms with Gasteiger partial charge in [0.15, 0.2) is 6.61 Å². The molecule has 2 aromatic carbocycles. The summed E-state index contributed by atoms with van der Waals surface area (Å²) in [6.07, 6.45) is 0. The fraction of sp³-hybridized carbons (Fsp3) is 0.125. The number of benzene rings is 2. The quantitative estimate of drug-likeness (QED) is 0.854. The van der Waals surface area contributed by atoms with Crippen LogP contribution in [0.1, 0.15) is 11.6 Å². The van der Waals surface area contributed by atoms with E-state index in [0.29, 0.717) is 11.3 Å². The monoisotopic (exact) mass is 368 g/mol. The van der Waals surface area contributed by atoms with Gasteiger partial charge < -0.3 is 15.4 Å². The first-order valence-electron chi connectivity index (χ1n) is 6.92. The van der Waals surface area contributed by atoms with Crippen molar-refractivity contribution in [3.8, 4) is 5.75 Å². The highest BCUT2D eigenvalue weighted by atomic mass is 35.5. The second kappa shape index (κ2) is 6.67. The third-order valence-electron chi connectivity index (χ3n) is 3.42. The summed E-state index contributed by atoms with van der Waals surface area (Å²) in [7, 11) is 0. The summed E-state index contributed by atoms with van der Waals surface area (Å²) < 4.78 is 18.3. The molecule has 24 heavy (non-hydrogen) atoms. The number of carbonyl (C=O) groups excluding carboxylic acids is 2. The van der Waals surface area contributed by atoms with Gasteiger partial charge in [0.2, 0.25) is 0 Å². The maximum absolute atomic E-state index is 12.9. The summed E-state index contributed by atoms with van der Waals surface area (Å²) in [6, 6.07) is 7.32. The number of amides is 2. The largest absolute Gasteiger partial charge is 0.482 e. The van der Waals surface area contributed by atoms with Crippen LogP contribution in [0.4, 0.5) is 10.1 Å². The SMILES string of the molecule is O=C1COc2c(ccc(Cl)c2Cl)C(C(=O)Nc2ccc(F)cc2)N1. The minimum Gasteiger partial charge on any atom is -0.482 e. The highest BCUT2D eigenvalue weighted by Gasteiger charge is 2.31. The van der Waals surface area contributed by atoms with Crippen molar-refractivity contribution in [3.63, 3.8) is 0 Å². The van der Waals surface area contributed by atoms with Crippen LogP contribution in [0.5, 0.6) is 5.75 Å². The summed E-state index contributed by atoms with van der Waals surface area (Å²) in [5.74, 6) is -1.23. The van der Waals surface area contributed by atoms with Gasteiger partial charge in [0.25, 0.3) is 11.8 Å². The Labute approximate surface area is 146 Å². The number of hydrogen-bond donors (Lipinski definition) is 2.